The van der Waals surface area contributed by atoms with E-state index < -0.39 is 18.0 Å². The Balaban J connectivity index is 2.65. The van der Waals surface area contributed by atoms with Crippen LogP contribution >= 0.6 is 11.3 Å². The number of carboxylic acids is 1. The van der Waals surface area contributed by atoms with E-state index in [1.54, 1.807) is 18.3 Å². The Morgan fingerprint density at radius 1 is 1.37 bits per heavy atom. The molecule has 0 saturated carbocycles. The van der Waals surface area contributed by atoms with Gasteiger partial charge in [-0.25, -0.2) is 9.59 Å². The number of urea groups is 1. The summed E-state index contributed by atoms with van der Waals surface area (Å²) >= 11 is 1.57. The molecule has 3 N–H and O–H groups in total. The molecule has 0 bridgehead atoms. The van der Waals surface area contributed by atoms with E-state index in [2.05, 4.69) is 10.6 Å². The van der Waals surface area contributed by atoms with Crippen molar-refractivity contribution in [3.8, 4) is 0 Å². The maximum absolute atomic E-state index is 11.8. The second-order valence-electron chi connectivity index (χ2n) is 4.65. The van der Waals surface area contributed by atoms with Crippen molar-refractivity contribution in [2.75, 3.05) is 0 Å². The van der Waals surface area contributed by atoms with Crippen LogP contribution in [0, 0.1) is 5.92 Å². The second kappa shape index (κ2) is 7.13. The molecule has 2 atom stereocenters. The molecule has 1 aromatic rings. The molecule has 0 radical (unpaired) electrons. The fourth-order valence-corrected chi connectivity index (χ4v) is 2.66. The number of aliphatic carboxylic acids is 1. The van der Waals surface area contributed by atoms with Crippen molar-refractivity contribution in [1.82, 2.24) is 10.6 Å². The molecule has 0 fully saturated rings. The third-order valence-corrected chi connectivity index (χ3v) is 3.77. The first-order valence-electron chi connectivity index (χ1n) is 6.29. The van der Waals surface area contributed by atoms with Gasteiger partial charge in [0.25, 0.3) is 0 Å². The highest BCUT2D eigenvalue weighted by molar-refractivity contribution is 7.10. The van der Waals surface area contributed by atoms with Gasteiger partial charge in [0.15, 0.2) is 0 Å². The molecule has 6 heteroatoms. The Hall–Kier alpha value is -1.56. The molecule has 0 spiro atoms. The van der Waals surface area contributed by atoms with Gasteiger partial charge in [-0.15, -0.1) is 11.3 Å². The van der Waals surface area contributed by atoms with Crippen LogP contribution in [0.3, 0.4) is 0 Å². The van der Waals surface area contributed by atoms with E-state index in [4.69, 9.17) is 5.11 Å². The standard InChI is InChI=1S/C13H20N2O3S/c1-4-9(12(16)17)14-13(18)15-11(8(2)3)10-6-5-7-19-10/h5-9,11H,4H2,1-3H3,(H,16,17)(H2,14,15,18). The van der Waals surface area contributed by atoms with E-state index in [0.717, 1.165) is 4.88 Å². The van der Waals surface area contributed by atoms with Gasteiger partial charge in [-0.3, -0.25) is 0 Å². The van der Waals surface area contributed by atoms with Gasteiger partial charge in [-0.2, -0.15) is 0 Å². The lowest BCUT2D eigenvalue weighted by molar-refractivity contribution is -0.139. The number of thiophene rings is 1. The van der Waals surface area contributed by atoms with Crippen molar-refractivity contribution in [2.45, 2.75) is 39.3 Å². The van der Waals surface area contributed by atoms with Gasteiger partial charge >= 0.3 is 12.0 Å². The molecule has 0 aliphatic carbocycles. The van der Waals surface area contributed by atoms with Crippen LogP contribution in [0.2, 0.25) is 0 Å². The highest BCUT2D eigenvalue weighted by Gasteiger charge is 2.22. The third kappa shape index (κ3) is 4.55. The average molecular weight is 284 g/mol. The number of hydrogen-bond acceptors (Lipinski definition) is 3. The molecule has 1 rings (SSSR count). The van der Waals surface area contributed by atoms with Crippen LogP contribution in [0.15, 0.2) is 17.5 Å². The topological polar surface area (TPSA) is 78.4 Å². The average Bonchev–Trinajstić information content (AvgIpc) is 2.85. The quantitative estimate of drug-likeness (QED) is 0.751. The van der Waals surface area contributed by atoms with Crippen molar-refractivity contribution in [2.24, 2.45) is 5.92 Å². The van der Waals surface area contributed by atoms with E-state index in [1.165, 1.54) is 0 Å². The van der Waals surface area contributed by atoms with Crippen LogP contribution in [0.25, 0.3) is 0 Å². The zero-order valence-electron chi connectivity index (χ0n) is 11.3. The summed E-state index contributed by atoms with van der Waals surface area (Å²) in [6, 6.07) is 2.49. The number of nitrogens with one attached hydrogen (secondary N) is 2. The fraction of sp³-hybridized carbons (Fsp3) is 0.538. The highest BCUT2D eigenvalue weighted by atomic mass is 32.1. The van der Waals surface area contributed by atoms with E-state index >= 15 is 0 Å². The third-order valence-electron chi connectivity index (χ3n) is 2.81. The summed E-state index contributed by atoms with van der Waals surface area (Å²) in [7, 11) is 0. The van der Waals surface area contributed by atoms with Crippen LogP contribution in [0.4, 0.5) is 4.79 Å². The summed E-state index contributed by atoms with van der Waals surface area (Å²) < 4.78 is 0. The Bertz CT molecular complexity index is 418. The summed E-state index contributed by atoms with van der Waals surface area (Å²) in [6.45, 7) is 5.75. The molecule has 0 saturated heterocycles. The van der Waals surface area contributed by atoms with Gasteiger partial charge in [0.2, 0.25) is 0 Å². The molecule has 2 amide bonds. The molecule has 1 heterocycles. The van der Waals surface area contributed by atoms with Crippen LogP contribution in [0.5, 0.6) is 0 Å². The van der Waals surface area contributed by atoms with Crippen LogP contribution < -0.4 is 10.6 Å². The molecule has 0 aromatic carbocycles. The smallest absolute Gasteiger partial charge is 0.326 e. The normalized spacial score (nSPS) is 13.9. The first-order chi connectivity index (χ1) is 8.95. The first-order valence-corrected chi connectivity index (χ1v) is 7.16. The maximum Gasteiger partial charge on any atom is 0.326 e. The lowest BCUT2D eigenvalue weighted by Gasteiger charge is -2.22. The van der Waals surface area contributed by atoms with Crippen LogP contribution in [-0.2, 0) is 4.79 Å². The van der Waals surface area contributed by atoms with Crippen LogP contribution in [0.1, 0.15) is 38.1 Å². The summed E-state index contributed by atoms with van der Waals surface area (Å²) in [5, 5.41) is 16.2. The molecule has 2 unspecified atom stereocenters. The van der Waals surface area contributed by atoms with Crippen LogP contribution in [-0.4, -0.2) is 23.1 Å². The molecule has 1 aromatic heterocycles. The first kappa shape index (κ1) is 15.5. The van der Waals surface area contributed by atoms with E-state index in [1.807, 2.05) is 31.4 Å². The molecule has 5 nitrogen and oxygen atoms in total. The molecular weight excluding hydrogens is 264 g/mol. The zero-order chi connectivity index (χ0) is 14.4. The molecular formula is C13H20N2O3S. The molecule has 0 aliphatic heterocycles. The highest BCUT2D eigenvalue weighted by Crippen LogP contribution is 2.25. The number of carboxylic acid groups (broad SMARTS) is 1. The number of hydrogen-bond donors (Lipinski definition) is 3. The number of carbonyl (C=O) groups is 2. The van der Waals surface area contributed by atoms with E-state index in [9.17, 15) is 9.59 Å². The van der Waals surface area contributed by atoms with Gasteiger partial charge in [-0.1, -0.05) is 26.8 Å². The monoisotopic (exact) mass is 284 g/mol. The van der Waals surface area contributed by atoms with Gasteiger partial charge in [0.1, 0.15) is 6.04 Å². The van der Waals surface area contributed by atoms with Gasteiger partial charge in [-0.05, 0) is 23.8 Å². The lowest BCUT2D eigenvalue weighted by atomic mass is 10.0. The molecule has 19 heavy (non-hydrogen) atoms. The Morgan fingerprint density at radius 2 is 2.05 bits per heavy atom. The number of rotatable bonds is 6. The Labute approximate surface area is 117 Å². The van der Waals surface area contributed by atoms with Crippen molar-refractivity contribution >= 4 is 23.3 Å². The molecule has 0 aliphatic rings. The number of amides is 2. The summed E-state index contributed by atoms with van der Waals surface area (Å²) in [6.07, 6.45) is 0.355. The van der Waals surface area contributed by atoms with Gasteiger partial charge in [0, 0.05) is 4.88 Å². The minimum atomic E-state index is -1.02. The summed E-state index contributed by atoms with van der Waals surface area (Å²) in [4.78, 5) is 23.8. The zero-order valence-corrected chi connectivity index (χ0v) is 12.2. The minimum absolute atomic E-state index is 0.105. The fourth-order valence-electron chi connectivity index (χ4n) is 1.71. The van der Waals surface area contributed by atoms with Crippen molar-refractivity contribution < 1.29 is 14.7 Å². The lowest BCUT2D eigenvalue weighted by Crippen LogP contribution is -2.47. The van der Waals surface area contributed by atoms with Gasteiger partial charge in [0.05, 0.1) is 6.04 Å². The largest absolute Gasteiger partial charge is 0.480 e. The van der Waals surface area contributed by atoms with Crippen molar-refractivity contribution in [1.29, 1.82) is 0 Å². The van der Waals surface area contributed by atoms with E-state index in [0.29, 0.717) is 6.42 Å². The Morgan fingerprint density at radius 3 is 2.47 bits per heavy atom. The van der Waals surface area contributed by atoms with E-state index in [-0.39, 0.29) is 12.0 Å². The number of carbonyl (C=O) groups excluding carboxylic acids is 1. The summed E-state index contributed by atoms with van der Waals surface area (Å²) in [5.74, 6) is -0.788. The minimum Gasteiger partial charge on any atom is -0.480 e. The predicted molar refractivity (Wildman–Crippen MR) is 75.3 cm³/mol. The summed E-state index contributed by atoms with van der Waals surface area (Å²) in [5.41, 5.74) is 0. The van der Waals surface area contributed by atoms with Crippen molar-refractivity contribution in [3.63, 3.8) is 0 Å². The predicted octanol–water partition coefficient (Wildman–Crippen LogP) is 2.61. The van der Waals surface area contributed by atoms with Crippen molar-refractivity contribution in [3.05, 3.63) is 22.4 Å². The van der Waals surface area contributed by atoms with Gasteiger partial charge < -0.3 is 15.7 Å². The molecule has 106 valence electrons. The Kier molecular flexibility index (Phi) is 5.82. The second-order valence-corrected chi connectivity index (χ2v) is 5.63. The maximum atomic E-state index is 11.8. The SMILES string of the molecule is CCC(NC(=O)NC(c1cccs1)C(C)C)C(=O)O.